The van der Waals surface area contributed by atoms with Gasteiger partial charge in [0.05, 0.1) is 12.0 Å². The van der Waals surface area contributed by atoms with Gasteiger partial charge in [0, 0.05) is 24.9 Å². The Bertz CT molecular complexity index is 281. The van der Waals surface area contributed by atoms with E-state index in [1.165, 1.54) is 12.8 Å². The van der Waals surface area contributed by atoms with Gasteiger partial charge in [-0.3, -0.25) is 0 Å². The molecule has 0 bridgehead atoms. The molecule has 0 aromatic carbocycles. The van der Waals surface area contributed by atoms with E-state index < -0.39 is 0 Å². The number of nitrogens with zero attached hydrogens (tertiary/aromatic N) is 1. The van der Waals surface area contributed by atoms with Gasteiger partial charge in [-0.1, -0.05) is 0 Å². The monoisotopic (exact) mass is 214 g/mol. The van der Waals surface area contributed by atoms with Gasteiger partial charge in [0.25, 0.3) is 0 Å². The summed E-state index contributed by atoms with van der Waals surface area (Å²) in [7, 11) is 0. The summed E-state index contributed by atoms with van der Waals surface area (Å²) in [6.07, 6.45) is 6.65. The Labute approximate surface area is 88.8 Å². The molecule has 3 nitrogen and oxygen atoms in total. The van der Waals surface area contributed by atoms with E-state index in [1.807, 2.05) is 0 Å². The van der Waals surface area contributed by atoms with Gasteiger partial charge in [-0.25, -0.2) is 4.98 Å². The Hall–Kier alpha value is -0.540. The Morgan fingerprint density at radius 3 is 3.14 bits per heavy atom. The van der Waals surface area contributed by atoms with Gasteiger partial charge in [0.15, 0.2) is 0 Å². The topological polar surface area (TPSA) is 37.9 Å². The molecule has 0 aliphatic carbocycles. The molecule has 1 fully saturated rings. The largest absolute Gasteiger partial charge is 0.378 e. The molecule has 0 saturated carbocycles. The number of imidazole rings is 1. The molecule has 1 unspecified atom stereocenters. The first-order valence-electron chi connectivity index (χ1n) is 5.09. The van der Waals surface area contributed by atoms with E-state index in [0.717, 1.165) is 31.0 Å². The van der Waals surface area contributed by atoms with E-state index in [-0.39, 0.29) is 0 Å². The van der Waals surface area contributed by atoms with Gasteiger partial charge in [-0.05, 0) is 19.3 Å². The zero-order valence-corrected chi connectivity index (χ0v) is 8.89. The molecule has 1 aromatic rings. The van der Waals surface area contributed by atoms with E-state index in [2.05, 4.69) is 9.97 Å². The summed E-state index contributed by atoms with van der Waals surface area (Å²) >= 11 is 5.68. The van der Waals surface area contributed by atoms with Gasteiger partial charge < -0.3 is 9.72 Å². The van der Waals surface area contributed by atoms with Crippen LogP contribution in [0.25, 0.3) is 0 Å². The molecular formula is C10H15ClN2O. The van der Waals surface area contributed by atoms with Crippen molar-refractivity contribution >= 4 is 11.6 Å². The summed E-state index contributed by atoms with van der Waals surface area (Å²) < 4.78 is 5.63. The number of hydrogen-bond acceptors (Lipinski definition) is 2. The highest BCUT2D eigenvalue weighted by Crippen LogP contribution is 2.16. The average molecular weight is 215 g/mol. The van der Waals surface area contributed by atoms with Crippen LogP contribution < -0.4 is 0 Å². The van der Waals surface area contributed by atoms with E-state index in [1.54, 1.807) is 6.20 Å². The van der Waals surface area contributed by atoms with Crippen molar-refractivity contribution in [3.05, 3.63) is 17.7 Å². The summed E-state index contributed by atoms with van der Waals surface area (Å²) in [6.45, 7) is 0.897. The van der Waals surface area contributed by atoms with Crippen LogP contribution in [0.5, 0.6) is 0 Å². The fraction of sp³-hybridized carbons (Fsp3) is 0.700. The van der Waals surface area contributed by atoms with Crippen molar-refractivity contribution in [1.29, 1.82) is 0 Å². The molecule has 14 heavy (non-hydrogen) atoms. The summed E-state index contributed by atoms with van der Waals surface area (Å²) in [5, 5.41) is 0. The van der Waals surface area contributed by atoms with Crippen LogP contribution in [-0.4, -0.2) is 22.7 Å². The van der Waals surface area contributed by atoms with Crippen molar-refractivity contribution in [1.82, 2.24) is 9.97 Å². The van der Waals surface area contributed by atoms with Crippen molar-refractivity contribution in [3.63, 3.8) is 0 Å². The van der Waals surface area contributed by atoms with Crippen LogP contribution in [-0.2, 0) is 17.0 Å². The van der Waals surface area contributed by atoms with Crippen LogP contribution >= 0.6 is 11.6 Å². The molecule has 1 aliphatic heterocycles. The fourth-order valence-corrected chi connectivity index (χ4v) is 1.90. The van der Waals surface area contributed by atoms with Gasteiger partial charge in [0.1, 0.15) is 5.82 Å². The predicted molar refractivity (Wildman–Crippen MR) is 55.4 cm³/mol. The minimum absolute atomic E-state index is 0.345. The van der Waals surface area contributed by atoms with Crippen LogP contribution in [0, 0.1) is 0 Å². The zero-order valence-electron chi connectivity index (χ0n) is 8.13. The number of aromatic nitrogens is 2. The zero-order chi connectivity index (χ0) is 9.80. The lowest BCUT2D eigenvalue weighted by Gasteiger charge is -2.21. The van der Waals surface area contributed by atoms with Crippen LogP contribution in [0.3, 0.4) is 0 Å². The summed E-state index contributed by atoms with van der Waals surface area (Å²) in [6, 6.07) is 0. The number of ether oxygens (including phenoxy) is 1. The molecule has 1 aliphatic rings. The first-order valence-corrected chi connectivity index (χ1v) is 5.62. The molecule has 0 radical (unpaired) electrons. The number of H-pyrrole nitrogens is 1. The quantitative estimate of drug-likeness (QED) is 0.784. The van der Waals surface area contributed by atoms with Crippen molar-refractivity contribution in [2.24, 2.45) is 0 Å². The third-order valence-corrected chi connectivity index (χ3v) is 2.81. The van der Waals surface area contributed by atoms with Gasteiger partial charge in [-0.15, -0.1) is 11.6 Å². The number of nitrogens with one attached hydrogen (secondary N) is 1. The second-order valence-corrected chi connectivity index (χ2v) is 3.95. The highest BCUT2D eigenvalue weighted by Gasteiger charge is 2.15. The third kappa shape index (κ3) is 2.49. The molecule has 0 spiro atoms. The lowest BCUT2D eigenvalue weighted by atomic mass is 10.1. The fourth-order valence-electron chi connectivity index (χ4n) is 1.76. The maximum atomic E-state index is 5.68. The maximum Gasteiger partial charge on any atom is 0.108 e. The molecule has 2 heterocycles. The molecule has 4 heteroatoms. The SMILES string of the molecule is ClCc1cnc(CC2CCCCO2)[nH]1. The van der Waals surface area contributed by atoms with Crippen molar-refractivity contribution < 1.29 is 4.74 Å². The lowest BCUT2D eigenvalue weighted by Crippen LogP contribution is -2.21. The second-order valence-electron chi connectivity index (χ2n) is 3.68. The molecule has 2 rings (SSSR count). The summed E-state index contributed by atoms with van der Waals surface area (Å²) in [5.74, 6) is 1.49. The highest BCUT2D eigenvalue weighted by atomic mass is 35.5. The molecule has 1 aromatic heterocycles. The van der Waals surface area contributed by atoms with Crippen molar-refractivity contribution in [3.8, 4) is 0 Å². The van der Waals surface area contributed by atoms with E-state index >= 15 is 0 Å². The molecule has 1 N–H and O–H groups in total. The summed E-state index contributed by atoms with van der Waals surface area (Å²) in [4.78, 5) is 7.45. The number of hydrogen-bond donors (Lipinski definition) is 1. The molecule has 0 amide bonds. The van der Waals surface area contributed by atoms with E-state index in [4.69, 9.17) is 16.3 Å². The van der Waals surface area contributed by atoms with Gasteiger partial charge in [0.2, 0.25) is 0 Å². The number of halogens is 1. The standard InChI is InChI=1S/C10H15ClN2O/c11-6-8-7-12-10(13-8)5-9-3-1-2-4-14-9/h7,9H,1-6H2,(H,12,13). The Kier molecular flexibility index (Phi) is 3.43. The Morgan fingerprint density at radius 2 is 2.50 bits per heavy atom. The number of alkyl halides is 1. The predicted octanol–water partition coefficient (Wildman–Crippen LogP) is 2.26. The lowest BCUT2D eigenvalue weighted by molar-refractivity contribution is 0.0157. The maximum absolute atomic E-state index is 5.68. The van der Waals surface area contributed by atoms with Gasteiger partial charge in [-0.2, -0.15) is 0 Å². The van der Waals surface area contributed by atoms with Crippen LogP contribution in [0.4, 0.5) is 0 Å². The Balaban J connectivity index is 1.89. The van der Waals surface area contributed by atoms with Crippen LogP contribution in [0.2, 0.25) is 0 Å². The molecular weight excluding hydrogens is 200 g/mol. The number of aromatic amines is 1. The second kappa shape index (κ2) is 4.80. The Morgan fingerprint density at radius 1 is 1.57 bits per heavy atom. The third-order valence-electron chi connectivity index (χ3n) is 2.52. The van der Waals surface area contributed by atoms with Crippen LogP contribution in [0.1, 0.15) is 30.8 Å². The smallest absolute Gasteiger partial charge is 0.108 e. The van der Waals surface area contributed by atoms with Crippen molar-refractivity contribution in [2.75, 3.05) is 6.61 Å². The molecule has 78 valence electrons. The minimum Gasteiger partial charge on any atom is -0.378 e. The number of rotatable bonds is 3. The first-order chi connectivity index (χ1) is 6.88. The normalized spacial score (nSPS) is 22.5. The highest BCUT2D eigenvalue weighted by molar-refractivity contribution is 6.16. The minimum atomic E-state index is 0.345. The van der Waals surface area contributed by atoms with Crippen LogP contribution in [0.15, 0.2) is 6.20 Å². The first kappa shape index (κ1) is 9.99. The molecule has 1 saturated heterocycles. The average Bonchev–Trinajstić information content (AvgIpc) is 2.67. The summed E-state index contributed by atoms with van der Waals surface area (Å²) in [5.41, 5.74) is 0.984. The van der Waals surface area contributed by atoms with E-state index in [0.29, 0.717) is 12.0 Å². The molecule has 1 atom stereocenters. The van der Waals surface area contributed by atoms with Gasteiger partial charge >= 0.3 is 0 Å². The van der Waals surface area contributed by atoms with E-state index in [9.17, 15) is 0 Å². The van der Waals surface area contributed by atoms with Crippen molar-refractivity contribution in [2.45, 2.75) is 37.7 Å².